The van der Waals surface area contributed by atoms with Gasteiger partial charge in [0.1, 0.15) is 0 Å². The first-order valence-corrected chi connectivity index (χ1v) is 10.0. The van der Waals surface area contributed by atoms with E-state index in [2.05, 4.69) is 9.89 Å². The molecule has 1 N–H and O–H groups in total. The van der Waals surface area contributed by atoms with E-state index in [0.29, 0.717) is 21.4 Å². The maximum atomic E-state index is 11.3. The van der Waals surface area contributed by atoms with Crippen LogP contribution in [0.4, 0.5) is 11.4 Å². The van der Waals surface area contributed by atoms with Crippen LogP contribution in [0, 0.1) is 0 Å². The molecule has 0 bridgehead atoms. The van der Waals surface area contributed by atoms with Crippen molar-refractivity contribution in [2.75, 3.05) is 33.1 Å². The first-order chi connectivity index (χ1) is 11.2. The van der Waals surface area contributed by atoms with Crippen LogP contribution in [0.15, 0.2) is 52.4 Å². The monoisotopic (exact) mass is 367 g/mol. The van der Waals surface area contributed by atoms with Gasteiger partial charge in [0.15, 0.2) is 0 Å². The van der Waals surface area contributed by atoms with E-state index in [1.165, 1.54) is 0 Å². The minimum absolute atomic E-state index is 0.215. The summed E-state index contributed by atoms with van der Waals surface area (Å²) in [5, 5.41) is 0. The van der Waals surface area contributed by atoms with Gasteiger partial charge >= 0.3 is 9.15 Å². The predicted molar refractivity (Wildman–Crippen MR) is 101 cm³/mol. The maximum Gasteiger partial charge on any atom is 0.324 e. The normalized spacial score (nSPS) is 17.4. The van der Waals surface area contributed by atoms with E-state index in [9.17, 15) is 8.42 Å². The molecule has 8 heteroatoms. The van der Waals surface area contributed by atoms with Crippen molar-refractivity contribution in [1.29, 1.82) is 0 Å². The molecule has 0 saturated heterocycles. The molecule has 0 heterocycles. The second-order valence-corrected chi connectivity index (χ2v) is 8.99. The Morgan fingerprint density at radius 1 is 1.12 bits per heavy atom. The van der Waals surface area contributed by atoms with Gasteiger partial charge in [-0.05, 0) is 44.4 Å². The van der Waals surface area contributed by atoms with E-state index in [4.69, 9.17) is 4.55 Å². The van der Waals surface area contributed by atoms with Gasteiger partial charge in [0, 0.05) is 36.6 Å². The van der Waals surface area contributed by atoms with Crippen molar-refractivity contribution in [2.45, 2.75) is 10.9 Å². The minimum Gasteiger partial charge on any atom is -0.378 e. The number of aliphatic imine (C=N–C) groups is 1. The molecule has 1 aliphatic carbocycles. The standard InChI is InChI=1S/C16H21N3O3S2/c1-18(2)13-7-5-12(6-8-13)17-15-10-9-14(19(3)4)11-16(15)23-24(20,21)22/h5-11,13H,1-4H3,(H,20,21,22). The molecule has 1 aromatic rings. The van der Waals surface area contributed by atoms with Gasteiger partial charge in [-0.1, -0.05) is 12.2 Å². The quantitative estimate of drug-likeness (QED) is 0.637. The molecule has 1 aliphatic rings. The third kappa shape index (κ3) is 5.20. The summed E-state index contributed by atoms with van der Waals surface area (Å²) in [7, 11) is 3.87. The molecule has 0 fully saturated rings. The van der Waals surface area contributed by atoms with Crippen molar-refractivity contribution in [2.24, 2.45) is 4.99 Å². The number of benzene rings is 1. The Kier molecular flexibility index (Phi) is 5.87. The van der Waals surface area contributed by atoms with E-state index >= 15 is 0 Å². The fraction of sp³-hybridized carbons (Fsp3) is 0.312. The molecular formula is C16H21N3O3S2. The topological polar surface area (TPSA) is 73.2 Å². The Labute approximate surface area is 146 Å². The van der Waals surface area contributed by atoms with Gasteiger partial charge in [0.2, 0.25) is 0 Å². The van der Waals surface area contributed by atoms with Gasteiger partial charge in [-0.15, -0.1) is 0 Å². The second kappa shape index (κ2) is 7.52. The second-order valence-electron chi connectivity index (χ2n) is 5.77. The predicted octanol–water partition coefficient (Wildman–Crippen LogP) is 2.78. The lowest BCUT2D eigenvalue weighted by atomic mass is 10.1. The summed E-state index contributed by atoms with van der Waals surface area (Å²) in [6, 6.07) is 5.50. The highest BCUT2D eigenvalue weighted by molar-refractivity contribution is 8.70. The van der Waals surface area contributed by atoms with E-state index in [0.717, 1.165) is 11.4 Å². The molecule has 0 unspecified atom stereocenters. The molecule has 0 saturated carbocycles. The molecule has 130 valence electrons. The Hall–Kier alpha value is -1.61. The number of anilines is 1. The highest BCUT2D eigenvalue weighted by atomic mass is 33.1. The average molecular weight is 367 g/mol. The highest BCUT2D eigenvalue weighted by Gasteiger charge is 2.15. The van der Waals surface area contributed by atoms with E-state index in [1.54, 1.807) is 12.1 Å². The Balaban J connectivity index is 2.38. The lowest BCUT2D eigenvalue weighted by Gasteiger charge is -2.19. The van der Waals surface area contributed by atoms with Crippen molar-refractivity contribution in [3.63, 3.8) is 0 Å². The first kappa shape index (κ1) is 18.7. The van der Waals surface area contributed by atoms with Gasteiger partial charge in [0.25, 0.3) is 0 Å². The van der Waals surface area contributed by atoms with Crippen molar-refractivity contribution < 1.29 is 13.0 Å². The molecule has 0 aliphatic heterocycles. The Morgan fingerprint density at radius 2 is 1.75 bits per heavy atom. The summed E-state index contributed by atoms with van der Waals surface area (Å²) in [5.74, 6) is 0. The lowest BCUT2D eigenvalue weighted by molar-refractivity contribution is 0.391. The van der Waals surface area contributed by atoms with Crippen LogP contribution in [0.25, 0.3) is 0 Å². The first-order valence-electron chi connectivity index (χ1n) is 7.25. The van der Waals surface area contributed by atoms with Crippen molar-refractivity contribution in [3.05, 3.63) is 42.5 Å². The molecule has 0 atom stereocenters. The zero-order valence-electron chi connectivity index (χ0n) is 14.0. The van der Waals surface area contributed by atoms with Gasteiger partial charge in [0.05, 0.1) is 16.3 Å². The van der Waals surface area contributed by atoms with Crippen LogP contribution < -0.4 is 4.90 Å². The van der Waals surface area contributed by atoms with Crippen LogP contribution in [-0.2, 0) is 9.15 Å². The zero-order valence-corrected chi connectivity index (χ0v) is 15.7. The van der Waals surface area contributed by atoms with Gasteiger partial charge in [-0.25, -0.2) is 4.99 Å². The average Bonchev–Trinajstić information content (AvgIpc) is 2.48. The molecule has 2 rings (SSSR count). The molecule has 0 aromatic heterocycles. The fourth-order valence-electron chi connectivity index (χ4n) is 2.13. The Morgan fingerprint density at radius 3 is 2.25 bits per heavy atom. The van der Waals surface area contributed by atoms with Crippen LogP contribution in [0.1, 0.15) is 0 Å². The third-order valence-electron chi connectivity index (χ3n) is 3.43. The lowest BCUT2D eigenvalue weighted by Crippen LogP contribution is -2.25. The minimum atomic E-state index is -4.22. The van der Waals surface area contributed by atoms with Crippen molar-refractivity contribution in [1.82, 2.24) is 4.90 Å². The fourth-order valence-corrected chi connectivity index (χ4v) is 3.80. The number of nitrogens with zero attached hydrogens (tertiary/aromatic N) is 3. The summed E-state index contributed by atoms with van der Waals surface area (Å²) in [6.45, 7) is 0. The number of allylic oxidation sites excluding steroid dienone is 2. The Bertz CT molecular complexity index is 781. The van der Waals surface area contributed by atoms with E-state index in [1.807, 2.05) is 63.5 Å². The summed E-state index contributed by atoms with van der Waals surface area (Å²) < 4.78 is 31.7. The number of rotatable bonds is 5. The molecular weight excluding hydrogens is 346 g/mol. The molecule has 0 radical (unpaired) electrons. The summed E-state index contributed by atoms with van der Waals surface area (Å²) in [6.07, 6.45) is 7.82. The van der Waals surface area contributed by atoms with Crippen LogP contribution in [0.2, 0.25) is 0 Å². The number of hydrogen-bond donors (Lipinski definition) is 1. The number of likely N-dealkylation sites (N-methyl/N-ethyl adjacent to an activating group) is 1. The van der Waals surface area contributed by atoms with Crippen LogP contribution >= 0.6 is 10.8 Å². The third-order valence-corrected chi connectivity index (χ3v) is 5.32. The molecule has 0 amide bonds. The molecule has 1 aromatic carbocycles. The zero-order chi connectivity index (χ0) is 17.9. The SMILES string of the molecule is CN(C)c1ccc(N=C2C=CC(N(C)C)C=C2)c(SS(=O)(=O)O)c1. The van der Waals surface area contributed by atoms with Gasteiger partial charge in [-0.3, -0.25) is 9.45 Å². The van der Waals surface area contributed by atoms with Gasteiger partial charge < -0.3 is 4.90 Å². The summed E-state index contributed by atoms with van der Waals surface area (Å²) in [5.41, 5.74) is 2.05. The van der Waals surface area contributed by atoms with E-state index < -0.39 is 9.15 Å². The van der Waals surface area contributed by atoms with Crippen LogP contribution in [-0.4, -0.2) is 57.8 Å². The molecule has 24 heavy (non-hydrogen) atoms. The van der Waals surface area contributed by atoms with Gasteiger partial charge in [-0.2, -0.15) is 8.42 Å². The summed E-state index contributed by atoms with van der Waals surface area (Å²) >= 11 is 0. The molecule has 6 nitrogen and oxygen atoms in total. The van der Waals surface area contributed by atoms with E-state index in [-0.39, 0.29) is 6.04 Å². The van der Waals surface area contributed by atoms with Crippen molar-refractivity contribution in [3.8, 4) is 0 Å². The smallest absolute Gasteiger partial charge is 0.324 e. The highest BCUT2D eigenvalue weighted by Crippen LogP contribution is 2.36. The van der Waals surface area contributed by atoms with Crippen molar-refractivity contribution >= 4 is 37.0 Å². The largest absolute Gasteiger partial charge is 0.378 e. The summed E-state index contributed by atoms with van der Waals surface area (Å²) in [4.78, 5) is 8.81. The maximum absolute atomic E-state index is 11.3. The van der Waals surface area contributed by atoms with Crippen LogP contribution in [0.5, 0.6) is 0 Å². The molecule has 0 spiro atoms. The number of hydrogen-bond acceptors (Lipinski definition) is 6. The van der Waals surface area contributed by atoms with Crippen LogP contribution in [0.3, 0.4) is 0 Å².